The minimum absolute atomic E-state index is 0.110. The first-order chi connectivity index (χ1) is 9.65. The fourth-order valence-corrected chi connectivity index (χ4v) is 1.58. The summed E-state index contributed by atoms with van der Waals surface area (Å²) in [6.07, 6.45) is -0.687. The van der Waals surface area contributed by atoms with Crippen LogP contribution in [0.15, 0.2) is 0 Å². The van der Waals surface area contributed by atoms with E-state index in [4.69, 9.17) is 24.1 Å². The number of aliphatic hydroxyl groups excluding tert-OH is 1. The minimum atomic E-state index is -1.05. The van der Waals surface area contributed by atoms with Gasteiger partial charge in [-0.3, -0.25) is 0 Å². The number of esters is 1. The van der Waals surface area contributed by atoms with Crippen molar-refractivity contribution in [3.8, 4) is 0 Å². The van der Waals surface area contributed by atoms with Crippen molar-refractivity contribution >= 4 is 5.97 Å². The highest BCUT2D eigenvalue weighted by molar-refractivity contribution is 5.78. The van der Waals surface area contributed by atoms with Crippen molar-refractivity contribution in [1.82, 2.24) is 0 Å². The average Bonchev–Trinajstić information content (AvgIpc) is 2.32. The van der Waals surface area contributed by atoms with Crippen LogP contribution in [0.2, 0.25) is 0 Å². The quantitative estimate of drug-likeness (QED) is 0.461. The highest BCUT2D eigenvalue weighted by atomic mass is 16.6. The second-order valence-corrected chi connectivity index (χ2v) is 5.88. The largest absolute Gasteiger partial charge is 0.461 e. The summed E-state index contributed by atoms with van der Waals surface area (Å²) in [7, 11) is 0. The summed E-state index contributed by atoms with van der Waals surface area (Å²) in [5.41, 5.74) is -1.05. The third-order valence-corrected chi connectivity index (χ3v) is 2.47. The molecule has 6 nitrogen and oxygen atoms in total. The zero-order valence-electron chi connectivity index (χ0n) is 14.0. The fraction of sp³-hybridized carbons (Fsp3) is 0.933. The van der Waals surface area contributed by atoms with Crippen molar-refractivity contribution < 1.29 is 28.8 Å². The zero-order valence-corrected chi connectivity index (χ0v) is 14.0. The van der Waals surface area contributed by atoms with Crippen molar-refractivity contribution in [1.29, 1.82) is 0 Å². The molecule has 0 aliphatic heterocycles. The Balaban J connectivity index is 4.00. The molecule has 0 fully saturated rings. The van der Waals surface area contributed by atoms with Gasteiger partial charge in [-0.15, -0.1) is 0 Å². The first-order valence-electron chi connectivity index (χ1n) is 7.37. The molecule has 0 heterocycles. The van der Waals surface area contributed by atoms with Gasteiger partial charge in [0.1, 0.15) is 6.61 Å². The first kappa shape index (κ1) is 20.3. The van der Waals surface area contributed by atoms with E-state index in [2.05, 4.69) is 0 Å². The molecule has 6 heteroatoms. The monoisotopic (exact) mass is 306 g/mol. The van der Waals surface area contributed by atoms with Crippen molar-refractivity contribution in [2.75, 3.05) is 26.4 Å². The summed E-state index contributed by atoms with van der Waals surface area (Å²) in [4.78, 5) is 11.9. The van der Waals surface area contributed by atoms with E-state index < -0.39 is 17.7 Å². The van der Waals surface area contributed by atoms with Crippen molar-refractivity contribution in [2.45, 2.75) is 65.5 Å². The maximum Gasteiger partial charge on any atom is 0.337 e. The predicted molar refractivity (Wildman–Crippen MR) is 79.2 cm³/mol. The molecule has 0 spiro atoms. The maximum atomic E-state index is 11.9. The molecule has 0 saturated carbocycles. The molecular weight excluding hydrogens is 276 g/mol. The first-order valence-corrected chi connectivity index (χ1v) is 7.37. The smallest absolute Gasteiger partial charge is 0.337 e. The molecule has 0 aromatic heterocycles. The van der Waals surface area contributed by atoms with Gasteiger partial charge in [0.2, 0.25) is 0 Å². The molecule has 0 rings (SSSR count). The van der Waals surface area contributed by atoms with E-state index in [1.54, 1.807) is 27.7 Å². The number of hydrogen-bond donors (Lipinski definition) is 1. The Morgan fingerprint density at radius 3 is 2.24 bits per heavy atom. The third kappa shape index (κ3) is 10.6. The molecule has 0 aliphatic rings. The second-order valence-electron chi connectivity index (χ2n) is 5.88. The van der Waals surface area contributed by atoms with Crippen LogP contribution in [0.1, 0.15) is 41.5 Å². The number of ether oxygens (including phenoxy) is 4. The van der Waals surface area contributed by atoms with Gasteiger partial charge in [-0.1, -0.05) is 0 Å². The van der Waals surface area contributed by atoms with E-state index in [9.17, 15) is 4.79 Å². The Morgan fingerprint density at radius 1 is 1.10 bits per heavy atom. The predicted octanol–water partition coefficient (Wildman–Crippen LogP) is 1.54. The lowest BCUT2D eigenvalue weighted by molar-refractivity contribution is -0.179. The molecule has 2 unspecified atom stereocenters. The van der Waals surface area contributed by atoms with E-state index in [-0.39, 0.29) is 25.4 Å². The van der Waals surface area contributed by atoms with Crippen LogP contribution in [0, 0.1) is 0 Å². The van der Waals surface area contributed by atoms with Gasteiger partial charge in [0.05, 0.1) is 38.1 Å². The van der Waals surface area contributed by atoms with Gasteiger partial charge in [-0.05, 0) is 41.5 Å². The molecular formula is C15H30O6. The molecule has 126 valence electrons. The molecule has 0 bridgehead atoms. The topological polar surface area (TPSA) is 74.2 Å². The minimum Gasteiger partial charge on any atom is -0.461 e. The van der Waals surface area contributed by atoms with Gasteiger partial charge >= 0.3 is 5.97 Å². The van der Waals surface area contributed by atoms with Crippen LogP contribution >= 0.6 is 0 Å². The normalized spacial score (nSPS) is 15.0. The molecule has 0 aromatic rings. The summed E-state index contributed by atoms with van der Waals surface area (Å²) in [6.45, 7) is 11.7. The Hall–Kier alpha value is -0.690. The van der Waals surface area contributed by atoms with E-state index in [1.807, 2.05) is 13.8 Å². The van der Waals surface area contributed by atoms with E-state index >= 15 is 0 Å². The number of carbonyl (C=O) groups excluding carboxylic acids is 1. The molecule has 0 aliphatic carbocycles. The van der Waals surface area contributed by atoms with Crippen LogP contribution in [0.4, 0.5) is 0 Å². The fourth-order valence-electron chi connectivity index (χ4n) is 1.58. The van der Waals surface area contributed by atoms with Crippen LogP contribution in [-0.2, 0) is 23.7 Å². The summed E-state index contributed by atoms with van der Waals surface area (Å²) in [6, 6.07) is 0. The molecule has 0 saturated heterocycles. The van der Waals surface area contributed by atoms with E-state index in [1.165, 1.54) is 0 Å². The van der Waals surface area contributed by atoms with Gasteiger partial charge in [-0.2, -0.15) is 0 Å². The third-order valence-electron chi connectivity index (χ3n) is 2.47. The van der Waals surface area contributed by atoms with E-state index in [0.717, 1.165) is 0 Å². The van der Waals surface area contributed by atoms with Gasteiger partial charge < -0.3 is 24.1 Å². The highest BCUT2D eigenvalue weighted by Crippen LogP contribution is 2.15. The van der Waals surface area contributed by atoms with Crippen LogP contribution in [0.25, 0.3) is 0 Å². The van der Waals surface area contributed by atoms with Crippen LogP contribution in [-0.4, -0.2) is 61.4 Å². The van der Waals surface area contributed by atoms with Crippen molar-refractivity contribution in [3.63, 3.8) is 0 Å². The molecule has 0 amide bonds. The molecule has 2 atom stereocenters. The maximum absolute atomic E-state index is 11.9. The van der Waals surface area contributed by atoms with Gasteiger partial charge in [-0.25, -0.2) is 4.79 Å². The SMILES string of the molecule is CC(O)COCC(C)OC(C)(C)C(=O)OCCOC(C)C. The standard InChI is InChI=1S/C15H30O6/c1-11(2)19-7-8-20-14(17)15(5,6)21-13(4)10-18-9-12(3)16/h11-13,16H,7-10H2,1-6H3. The molecule has 1 N–H and O–H groups in total. The lowest BCUT2D eigenvalue weighted by Gasteiger charge is -2.27. The Labute approximate surface area is 127 Å². The van der Waals surface area contributed by atoms with Crippen LogP contribution in [0.5, 0.6) is 0 Å². The Morgan fingerprint density at radius 2 is 1.71 bits per heavy atom. The van der Waals surface area contributed by atoms with Crippen molar-refractivity contribution in [2.24, 2.45) is 0 Å². The average molecular weight is 306 g/mol. The number of aliphatic hydroxyl groups is 1. The summed E-state index contributed by atoms with van der Waals surface area (Å²) in [5.74, 6) is -0.433. The highest BCUT2D eigenvalue weighted by Gasteiger charge is 2.32. The van der Waals surface area contributed by atoms with Gasteiger partial charge in [0, 0.05) is 0 Å². The number of carbonyl (C=O) groups is 1. The lowest BCUT2D eigenvalue weighted by atomic mass is 10.1. The molecule has 21 heavy (non-hydrogen) atoms. The summed E-state index contributed by atoms with van der Waals surface area (Å²) >= 11 is 0. The lowest BCUT2D eigenvalue weighted by Crippen LogP contribution is -2.41. The van der Waals surface area contributed by atoms with Gasteiger partial charge in [0.15, 0.2) is 5.60 Å². The number of rotatable bonds is 11. The Bertz CT molecular complexity index is 288. The molecule has 0 aromatic carbocycles. The number of hydrogen-bond acceptors (Lipinski definition) is 6. The Kier molecular flexibility index (Phi) is 9.77. The van der Waals surface area contributed by atoms with E-state index in [0.29, 0.717) is 13.2 Å². The van der Waals surface area contributed by atoms with Crippen LogP contribution in [0.3, 0.4) is 0 Å². The zero-order chi connectivity index (χ0) is 16.5. The molecule has 0 radical (unpaired) electrons. The van der Waals surface area contributed by atoms with Crippen LogP contribution < -0.4 is 0 Å². The van der Waals surface area contributed by atoms with Crippen molar-refractivity contribution in [3.05, 3.63) is 0 Å². The summed E-state index contributed by atoms with van der Waals surface area (Å²) in [5, 5.41) is 9.09. The summed E-state index contributed by atoms with van der Waals surface area (Å²) < 4.78 is 21.3. The van der Waals surface area contributed by atoms with Gasteiger partial charge in [0.25, 0.3) is 0 Å². The second kappa shape index (κ2) is 10.1.